The number of hydrogen-bond acceptors (Lipinski definition) is 3. The molecule has 1 N–H and O–H groups in total. The van der Waals surface area contributed by atoms with Crippen molar-refractivity contribution in [3.05, 3.63) is 30.1 Å². The number of aromatic nitrogens is 2. The number of pyridine rings is 1. The smallest absolute Gasteiger partial charge is 0.253 e. The molecule has 2 aromatic rings. The maximum atomic E-state index is 12.5. The van der Waals surface area contributed by atoms with Crippen molar-refractivity contribution in [3.8, 4) is 0 Å². The average Bonchev–Trinajstić information content (AvgIpc) is 2.78. The van der Waals surface area contributed by atoms with E-state index in [4.69, 9.17) is 4.74 Å². The average molecular weight is 289 g/mol. The highest BCUT2D eigenvalue weighted by atomic mass is 16.5. The van der Waals surface area contributed by atoms with Gasteiger partial charge < -0.3 is 14.6 Å². The molecule has 1 unspecified atom stereocenters. The number of carbonyl (C=O) groups is 1. The van der Waals surface area contributed by atoms with Gasteiger partial charge in [-0.15, -0.1) is 0 Å². The minimum atomic E-state index is -0.136. The molecule has 2 aromatic heterocycles. The van der Waals surface area contributed by atoms with Crippen molar-refractivity contribution < 1.29 is 9.53 Å². The number of ether oxygens (including phenoxy) is 1. The summed E-state index contributed by atoms with van der Waals surface area (Å²) in [6.45, 7) is 8.69. The Labute approximate surface area is 125 Å². The predicted molar refractivity (Wildman–Crippen MR) is 83.5 cm³/mol. The Hall–Kier alpha value is -1.88. The lowest BCUT2D eigenvalue weighted by Gasteiger charge is -2.21. The van der Waals surface area contributed by atoms with Gasteiger partial charge in [0.15, 0.2) is 0 Å². The molecule has 0 saturated heterocycles. The Kier molecular flexibility index (Phi) is 4.32. The maximum Gasteiger partial charge on any atom is 0.253 e. The van der Waals surface area contributed by atoms with Crippen molar-refractivity contribution in [1.82, 2.24) is 14.9 Å². The van der Waals surface area contributed by atoms with Crippen LogP contribution in [-0.4, -0.2) is 35.2 Å². The number of nitrogens with zero attached hydrogens (tertiary/aromatic N) is 2. The van der Waals surface area contributed by atoms with Crippen molar-refractivity contribution in [2.24, 2.45) is 0 Å². The first-order chi connectivity index (χ1) is 9.84. The van der Waals surface area contributed by atoms with E-state index in [1.807, 2.05) is 29.8 Å². The van der Waals surface area contributed by atoms with Gasteiger partial charge in [0.2, 0.25) is 0 Å². The lowest BCUT2D eigenvalue weighted by Crippen LogP contribution is -2.35. The van der Waals surface area contributed by atoms with Crippen LogP contribution in [0.25, 0.3) is 11.0 Å². The van der Waals surface area contributed by atoms with E-state index < -0.39 is 0 Å². The van der Waals surface area contributed by atoms with Crippen molar-refractivity contribution in [2.45, 2.75) is 39.3 Å². The summed E-state index contributed by atoms with van der Waals surface area (Å²) >= 11 is 0. The standard InChI is InChI=1S/C16H23N3O2/c1-11(10-21-5)18-15(20)13-9-19(16(2,3)4)14-12(13)7-6-8-17-14/h6-9,11H,10H2,1-5H3,(H,18,20). The number of fused-ring (bicyclic) bond motifs is 1. The van der Waals surface area contributed by atoms with Gasteiger partial charge in [-0.3, -0.25) is 4.79 Å². The van der Waals surface area contributed by atoms with Gasteiger partial charge in [0.05, 0.1) is 12.2 Å². The quantitative estimate of drug-likeness (QED) is 0.941. The molecule has 2 rings (SSSR count). The second-order valence-corrected chi connectivity index (χ2v) is 6.29. The van der Waals surface area contributed by atoms with Gasteiger partial charge in [0, 0.05) is 36.5 Å². The first kappa shape index (κ1) is 15.5. The molecule has 1 amide bonds. The Morgan fingerprint density at radius 3 is 2.81 bits per heavy atom. The molecule has 0 bridgehead atoms. The summed E-state index contributed by atoms with van der Waals surface area (Å²) in [7, 11) is 1.62. The molecular weight excluding hydrogens is 266 g/mol. The van der Waals surface area contributed by atoms with E-state index in [1.165, 1.54) is 0 Å². The molecule has 0 spiro atoms. The second kappa shape index (κ2) is 5.85. The molecular formula is C16H23N3O2. The van der Waals surface area contributed by atoms with E-state index in [9.17, 15) is 4.79 Å². The van der Waals surface area contributed by atoms with Gasteiger partial charge in [-0.25, -0.2) is 4.98 Å². The molecule has 0 aliphatic rings. The summed E-state index contributed by atoms with van der Waals surface area (Å²) in [6, 6.07) is 3.75. The lowest BCUT2D eigenvalue weighted by atomic mass is 10.1. The third-order valence-corrected chi connectivity index (χ3v) is 3.32. The van der Waals surface area contributed by atoms with Gasteiger partial charge in [0.25, 0.3) is 5.91 Å². The van der Waals surface area contributed by atoms with E-state index in [0.29, 0.717) is 12.2 Å². The Morgan fingerprint density at radius 2 is 2.19 bits per heavy atom. The summed E-state index contributed by atoms with van der Waals surface area (Å²) in [6.07, 6.45) is 3.63. The molecule has 0 saturated carbocycles. The molecule has 0 radical (unpaired) electrons. The van der Waals surface area contributed by atoms with Crippen LogP contribution in [-0.2, 0) is 10.3 Å². The van der Waals surface area contributed by atoms with Crippen molar-refractivity contribution >= 4 is 16.9 Å². The normalized spacial score (nSPS) is 13.4. The topological polar surface area (TPSA) is 56.1 Å². The number of carbonyl (C=O) groups excluding carboxylic acids is 1. The number of amides is 1. The zero-order valence-corrected chi connectivity index (χ0v) is 13.3. The highest BCUT2D eigenvalue weighted by Crippen LogP contribution is 2.26. The molecule has 114 valence electrons. The molecule has 0 fully saturated rings. The van der Waals surface area contributed by atoms with Crippen LogP contribution >= 0.6 is 0 Å². The monoisotopic (exact) mass is 289 g/mol. The van der Waals surface area contributed by atoms with Gasteiger partial charge in [0.1, 0.15) is 5.65 Å². The summed E-state index contributed by atoms with van der Waals surface area (Å²) in [5, 5.41) is 3.82. The van der Waals surface area contributed by atoms with E-state index in [1.54, 1.807) is 13.3 Å². The van der Waals surface area contributed by atoms with E-state index in [0.717, 1.165) is 11.0 Å². The number of hydrogen-bond donors (Lipinski definition) is 1. The predicted octanol–water partition coefficient (Wildman–Crippen LogP) is 2.56. The third-order valence-electron chi connectivity index (χ3n) is 3.32. The Balaban J connectivity index is 2.43. The van der Waals surface area contributed by atoms with Crippen LogP contribution in [0.15, 0.2) is 24.5 Å². The van der Waals surface area contributed by atoms with Crippen LogP contribution < -0.4 is 5.32 Å². The zero-order chi connectivity index (χ0) is 15.6. The van der Waals surface area contributed by atoms with E-state index >= 15 is 0 Å². The third kappa shape index (κ3) is 3.24. The van der Waals surface area contributed by atoms with Crippen molar-refractivity contribution in [3.63, 3.8) is 0 Å². The highest BCUT2D eigenvalue weighted by molar-refractivity contribution is 6.06. The summed E-state index contributed by atoms with van der Waals surface area (Å²) < 4.78 is 7.09. The SMILES string of the molecule is COCC(C)NC(=O)c1cn(C(C)(C)C)c2ncccc12. The van der Waals surface area contributed by atoms with Crippen molar-refractivity contribution in [2.75, 3.05) is 13.7 Å². The Bertz CT molecular complexity index is 640. The van der Waals surface area contributed by atoms with Crippen LogP contribution in [0, 0.1) is 0 Å². The van der Waals surface area contributed by atoms with E-state index in [-0.39, 0.29) is 17.5 Å². The molecule has 0 aliphatic carbocycles. The summed E-state index contributed by atoms with van der Waals surface area (Å²) in [5.74, 6) is -0.0967. The molecule has 0 aromatic carbocycles. The van der Waals surface area contributed by atoms with Crippen LogP contribution in [0.2, 0.25) is 0 Å². The summed E-state index contributed by atoms with van der Waals surface area (Å²) in [4.78, 5) is 16.9. The van der Waals surface area contributed by atoms with Crippen LogP contribution in [0.5, 0.6) is 0 Å². The zero-order valence-electron chi connectivity index (χ0n) is 13.3. The fourth-order valence-corrected chi connectivity index (χ4v) is 2.34. The number of rotatable bonds is 4. The van der Waals surface area contributed by atoms with Gasteiger partial charge in [-0.05, 0) is 39.8 Å². The van der Waals surface area contributed by atoms with Crippen LogP contribution in [0.4, 0.5) is 0 Å². The van der Waals surface area contributed by atoms with Gasteiger partial charge in [-0.1, -0.05) is 0 Å². The largest absolute Gasteiger partial charge is 0.383 e. The molecule has 21 heavy (non-hydrogen) atoms. The minimum absolute atomic E-state index is 0.0350. The number of methoxy groups -OCH3 is 1. The van der Waals surface area contributed by atoms with Gasteiger partial charge >= 0.3 is 0 Å². The molecule has 1 atom stereocenters. The maximum absolute atomic E-state index is 12.5. The summed E-state index contributed by atoms with van der Waals surface area (Å²) in [5.41, 5.74) is 1.34. The number of nitrogens with one attached hydrogen (secondary N) is 1. The lowest BCUT2D eigenvalue weighted by molar-refractivity contribution is 0.0907. The first-order valence-corrected chi connectivity index (χ1v) is 7.11. The minimum Gasteiger partial charge on any atom is -0.383 e. The van der Waals surface area contributed by atoms with Crippen molar-refractivity contribution in [1.29, 1.82) is 0 Å². The first-order valence-electron chi connectivity index (χ1n) is 7.11. The highest BCUT2D eigenvalue weighted by Gasteiger charge is 2.22. The molecule has 5 heteroatoms. The van der Waals surface area contributed by atoms with Gasteiger partial charge in [-0.2, -0.15) is 0 Å². The Morgan fingerprint density at radius 1 is 1.48 bits per heavy atom. The molecule has 0 aliphatic heterocycles. The fourth-order valence-electron chi connectivity index (χ4n) is 2.34. The molecule has 2 heterocycles. The fraction of sp³-hybridized carbons (Fsp3) is 0.500. The van der Waals surface area contributed by atoms with E-state index in [2.05, 4.69) is 31.1 Å². The second-order valence-electron chi connectivity index (χ2n) is 6.29. The van der Waals surface area contributed by atoms with Crippen LogP contribution in [0.1, 0.15) is 38.1 Å². The van der Waals surface area contributed by atoms with Crippen LogP contribution in [0.3, 0.4) is 0 Å². The molecule has 5 nitrogen and oxygen atoms in total.